The van der Waals surface area contributed by atoms with Gasteiger partial charge in [0, 0.05) is 6.54 Å². The lowest BCUT2D eigenvalue weighted by Crippen LogP contribution is -2.37. The molecule has 0 saturated carbocycles. The maximum Gasteiger partial charge on any atom is 0.308 e. The highest BCUT2D eigenvalue weighted by molar-refractivity contribution is 5.31. The average molecular weight is 260 g/mol. The molecular formula is C14H16N2O3. The van der Waals surface area contributed by atoms with E-state index in [-0.39, 0.29) is 16.9 Å². The highest BCUT2D eigenvalue weighted by atomic mass is 16.5. The molecule has 0 amide bonds. The van der Waals surface area contributed by atoms with Gasteiger partial charge in [-0.05, 0) is 26.0 Å². The van der Waals surface area contributed by atoms with Gasteiger partial charge in [-0.25, -0.2) is 9.36 Å². The normalized spacial score (nSPS) is 10.4. The number of rotatable bonds is 4. The van der Waals surface area contributed by atoms with Gasteiger partial charge in [-0.15, -0.1) is 0 Å². The number of hydrogen-bond acceptors (Lipinski definition) is 3. The standard InChI is InChI=1S/C14H16N2O3/c1-3-15-14(18)12(19-4-2)10-13(17)16(15)11-8-6-5-7-9-11/h5-10H,3-4H2,1-2H3. The van der Waals surface area contributed by atoms with Gasteiger partial charge in [-0.2, -0.15) is 0 Å². The van der Waals surface area contributed by atoms with Gasteiger partial charge < -0.3 is 4.74 Å². The molecule has 5 heteroatoms. The van der Waals surface area contributed by atoms with E-state index in [0.717, 1.165) is 0 Å². The summed E-state index contributed by atoms with van der Waals surface area (Å²) in [6.45, 7) is 4.34. The summed E-state index contributed by atoms with van der Waals surface area (Å²) in [6, 6.07) is 10.3. The monoisotopic (exact) mass is 260 g/mol. The van der Waals surface area contributed by atoms with Gasteiger partial charge in [0.1, 0.15) is 0 Å². The Hall–Kier alpha value is -2.30. The van der Waals surface area contributed by atoms with E-state index >= 15 is 0 Å². The van der Waals surface area contributed by atoms with Crippen molar-refractivity contribution < 1.29 is 4.74 Å². The van der Waals surface area contributed by atoms with Crippen LogP contribution < -0.4 is 15.9 Å². The average Bonchev–Trinajstić information content (AvgIpc) is 2.43. The van der Waals surface area contributed by atoms with Crippen LogP contribution in [0.1, 0.15) is 13.8 Å². The third kappa shape index (κ3) is 2.45. The highest BCUT2D eigenvalue weighted by Gasteiger charge is 2.12. The second kappa shape index (κ2) is 5.56. The molecule has 0 aliphatic rings. The molecule has 0 bridgehead atoms. The topological polar surface area (TPSA) is 53.2 Å². The maximum absolute atomic E-state index is 12.2. The number of ether oxygens (including phenoxy) is 1. The van der Waals surface area contributed by atoms with Crippen molar-refractivity contribution in [1.29, 1.82) is 0 Å². The Balaban J connectivity index is 2.72. The fourth-order valence-corrected chi connectivity index (χ4v) is 1.95. The zero-order valence-corrected chi connectivity index (χ0v) is 11.0. The van der Waals surface area contributed by atoms with Crippen LogP contribution in [0.15, 0.2) is 46.0 Å². The van der Waals surface area contributed by atoms with E-state index in [1.807, 2.05) is 25.1 Å². The zero-order valence-electron chi connectivity index (χ0n) is 11.0. The molecule has 0 aliphatic heterocycles. The van der Waals surface area contributed by atoms with Crippen LogP contribution in [0.4, 0.5) is 0 Å². The van der Waals surface area contributed by atoms with Crippen molar-refractivity contribution in [1.82, 2.24) is 9.36 Å². The second-order valence-corrected chi connectivity index (χ2v) is 3.95. The van der Waals surface area contributed by atoms with Crippen molar-refractivity contribution in [3.63, 3.8) is 0 Å². The van der Waals surface area contributed by atoms with Crippen LogP contribution in [0, 0.1) is 0 Å². The van der Waals surface area contributed by atoms with Crippen LogP contribution in [0.25, 0.3) is 5.69 Å². The first-order valence-corrected chi connectivity index (χ1v) is 6.24. The van der Waals surface area contributed by atoms with Crippen LogP contribution in [0.5, 0.6) is 5.75 Å². The first-order chi connectivity index (χ1) is 9.19. The molecule has 5 nitrogen and oxygen atoms in total. The fraction of sp³-hybridized carbons (Fsp3) is 0.286. The zero-order chi connectivity index (χ0) is 13.8. The summed E-state index contributed by atoms with van der Waals surface area (Å²) < 4.78 is 7.95. The van der Waals surface area contributed by atoms with E-state index in [1.165, 1.54) is 15.4 Å². The summed E-state index contributed by atoms with van der Waals surface area (Å²) in [6.07, 6.45) is 0. The summed E-state index contributed by atoms with van der Waals surface area (Å²) in [5, 5.41) is 0. The third-order valence-electron chi connectivity index (χ3n) is 2.75. The van der Waals surface area contributed by atoms with Crippen molar-refractivity contribution in [2.45, 2.75) is 20.4 Å². The number of para-hydroxylation sites is 1. The van der Waals surface area contributed by atoms with Crippen molar-refractivity contribution in [2.75, 3.05) is 6.61 Å². The first kappa shape index (κ1) is 13.1. The van der Waals surface area contributed by atoms with Gasteiger partial charge in [0.25, 0.3) is 5.56 Å². The Labute approximate surface area is 110 Å². The molecule has 0 fully saturated rings. The van der Waals surface area contributed by atoms with E-state index < -0.39 is 0 Å². The van der Waals surface area contributed by atoms with E-state index in [0.29, 0.717) is 18.8 Å². The van der Waals surface area contributed by atoms with Crippen LogP contribution >= 0.6 is 0 Å². The summed E-state index contributed by atoms with van der Waals surface area (Å²) in [4.78, 5) is 24.4. The van der Waals surface area contributed by atoms with Gasteiger partial charge in [0.05, 0.1) is 18.4 Å². The summed E-state index contributed by atoms with van der Waals surface area (Å²) >= 11 is 0. The van der Waals surface area contributed by atoms with Crippen LogP contribution in [-0.2, 0) is 6.54 Å². The van der Waals surface area contributed by atoms with Gasteiger partial charge >= 0.3 is 5.56 Å². The van der Waals surface area contributed by atoms with Gasteiger partial charge in [-0.1, -0.05) is 18.2 Å². The fourth-order valence-electron chi connectivity index (χ4n) is 1.95. The molecule has 2 rings (SSSR count). The van der Waals surface area contributed by atoms with Crippen molar-refractivity contribution >= 4 is 0 Å². The highest BCUT2D eigenvalue weighted by Crippen LogP contribution is 2.05. The Morgan fingerprint density at radius 3 is 2.37 bits per heavy atom. The van der Waals surface area contributed by atoms with Crippen LogP contribution in [0.2, 0.25) is 0 Å². The van der Waals surface area contributed by atoms with Gasteiger partial charge in [0.2, 0.25) is 0 Å². The minimum atomic E-state index is -0.298. The molecule has 1 aromatic carbocycles. The molecule has 19 heavy (non-hydrogen) atoms. The minimum absolute atomic E-state index is 0.0986. The molecule has 0 aliphatic carbocycles. The maximum atomic E-state index is 12.2. The molecule has 1 heterocycles. The predicted octanol–water partition coefficient (Wildman–Crippen LogP) is 1.42. The van der Waals surface area contributed by atoms with Crippen molar-refractivity contribution in [3.8, 4) is 11.4 Å². The molecule has 100 valence electrons. The number of nitrogens with zero attached hydrogens (tertiary/aromatic N) is 2. The largest absolute Gasteiger partial charge is 0.488 e. The molecule has 1 aromatic heterocycles. The van der Waals surface area contributed by atoms with E-state index in [4.69, 9.17) is 4.74 Å². The Morgan fingerprint density at radius 2 is 1.79 bits per heavy atom. The number of hydrogen-bond donors (Lipinski definition) is 0. The number of benzene rings is 1. The van der Waals surface area contributed by atoms with Crippen molar-refractivity contribution in [2.24, 2.45) is 0 Å². The summed E-state index contributed by atoms with van der Waals surface area (Å²) in [5.74, 6) is 0.0986. The SMILES string of the molecule is CCOc1cc(=O)n(-c2ccccc2)n(CC)c1=O. The van der Waals surface area contributed by atoms with E-state index in [2.05, 4.69) is 0 Å². The smallest absolute Gasteiger partial charge is 0.308 e. The predicted molar refractivity (Wildman–Crippen MR) is 73.1 cm³/mol. The van der Waals surface area contributed by atoms with E-state index in [9.17, 15) is 9.59 Å². The van der Waals surface area contributed by atoms with Gasteiger partial charge in [-0.3, -0.25) is 9.59 Å². The molecule has 0 atom stereocenters. The lowest BCUT2D eigenvalue weighted by atomic mass is 10.3. The second-order valence-electron chi connectivity index (χ2n) is 3.95. The lowest BCUT2D eigenvalue weighted by Gasteiger charge is -2.15. The molecule has 0 saturated heterocycles. The molecule has 0 radical (unpaired) electrons. The first-order valence-electron chi connectivity index (χ1n) is 6.24. The lowest BCUT2D eigenvalue weighted by molar-refractivity contribution is 0.325. The Bertz CT molecular complexity index is 671. The summed E-state index contributed by atoms with van der Waals surface area (Å²) in [7, 11) is 0. The Kier molecular flexibility index (Phi) is 3.85. The van der Waals surface area contributed by atoms with Gasteiger partial charge in [0.15, 0.2) is 5.75 Å². The van der Waals surface area contributed by atoms with E-state index in [1.54, 1.807) is 19.1 Å². The minimum Gasteiger partial charge on any atom is -0.488 e. The number of aromatic nitrogens is 2. The van der Waals surface area contributed by atoms with Crippen LogP contribution in [-0.4, -0.2) is 16.0 Å². The quantitative estimate of drug-likeness (QED) is 0.835. The third-order valence-corrected chi connectivity index (χ3v) is 2.75. The molecule has 0 N–H and O–H groups in total. The molecule has 0 unspecified atom stereocenters. The molecule has 2 aromatic rings. The molecular weight excluding hydrogens is 244 g/mol. The molecule has 0 spiro atoms. The van der Waals surface area contributed by atoms with Crippen molar-refractivity contribution in [3.05, 3.63) is 57.1 Å². The van der Waals surface area contributed by atoms with Crippen LogP contribution in [0.3, 0.4) is 0 Å². The Morgan fingerprint density at radius 1 is 1.11 bits per heavy atom. The summed E-state index contributed by atoms with van der Waals surface area (Å²) in [5.41, 5.74) is 0.0819.